The number of rotatable bonds is 5. The Kier molecular flexibility index (Phi) is 4.31. The molecule has 0 saturated heterocycles. The van der Waals surface area contributed by atoms with Crippen molar-refractivity contribution in [2.45, 2.75) is 19.9 Å². The molecule has 0 aromatic heterocycles. The van der Waals surface area contributed by atoms with Crippen LogP contribution in [0.1, 0.15) is 25.5 Å². The fraction of sp³-hybridized carbons (Fsp3) is 0.417. The Bertz CT molecular complexity index is 362. The van der Waals surface area contributed by atoms with E-state index in [-0.39, 0.29) is 5.75 Å². The highest BCUT2D eigenvalue weighted by molar-refractivity contribution is 5.81. The van der Waals surface area contributed by atoms with Crippen LogP contribution in [0.2, 0.25) is 0 Å². The molecule has 0 saturated carbocycles. The first-order valence-electron chi connectivity index (χ1n) is 5.42. The number of likely N-dealkylation sites (N-methyl/N-ethyl adjacent to an activating group) is 1. The number of carbonyl (C=O) groups is 1. The van der Waals surface area contributed by atoms with Gasteiger partial charge in [-0.2, -0.15) is 0 Å². The van der Waals surface area contributed by atoms with Gasteiger partial charge in [0.25, 0.3) is 0 Å². The van der Waals surface area contributed by atoms with Gasteiger partial charge in [-0.15, -0.1) is 0 Å². The number of hydrogen-bond donors (Lipinski definition) is 2. The highest BCUT2D eigenvalue weighted by Crippen LogP contribution is 2.23. The summed E-state index contributed by atoms with van der Waals surface area (Å²) < 4.78 is 0. The van der Waals surface area contributed by atoms with Gasteiger partial charge in [-0.05, 0) is 30.8 Å². The molecule has 0 aliphatic carbocycles. The van der Waals surface area contributed by atoms with Crippen LogP contribution in [0.3, 0.4) is 0 Å². The highest BCUT2D eigenvalue weighted by atomic mass is 16.3. The molecule has 0 aliphatic rings. The van der Waals surface area contributed by atoms with Gasteiger partial charge in [0, 0.05) is 0 Å². The van der Waals surface area contributed by atoms with Crippen molar-refractivity contribution >= 4 is 5.91 Å². The first kappa shape index (κ1) is 12.5. The van der Waals surface area contributed by atoms with Gasteiger partial charge in [-0.1, -0.05) is 26.0 Å². The van der Waals surface area contributed by atoms with Gasteiger partial charge >= 0.3 is 0 Å². The van der Waals surface area contributed by atoms with Crippen molar-refractivity contribution in [2.75, 3.05) is 13.1 Å². The lowest BCUT2D eigenvalue weighted by Gasteiger charge is -2.27. The third-order valence-corrected chi connectivity index (χ3v) is 2.63. The number of aromatic hydroxyl groups is 1. The third kappa shape index (κ3) is 2.73. The minimum Gasteiger partial charge on any atom is -0.508 e. The van der Waals surface area contributed by atoms with E-state index in [1.165, 1.54) is 0 Å². The molecule has 1 aromatic rings. The molecular weight excluding hydrogens is 204 g/mol. The largest absolute Gasteiger partial charge is 0.508 e. The zero-order chi connectivity index (χ0) is 12.1. The number of hydrogen-bond acceptors (Lipinski definition) is 3. The maximum atomic E-state index is 11.5. The molecular formula is C12H18N2O2. The summed E-state index contributed by atoms with van der Waals surface area (Å²) in [4.78, 5) is 13.4. The van der Waals surface area contributed by atoms with Gasteiger partial charge in [0.2, 0.25) is 5.91 Å². The fourth-order valence-electron chi connectivity index (χ4n) is 1.84. The molecule has 3 N–H and O–H groups in total. The lowest BCUT2D eigenvalue weighted by atomic mass is 10.0. The van der Waals surface area contributed by atoms with Crippen molar-refractivity contribution in [3.05, 3.63) is 29.8 Å². The Labute approximate surface area is 95.7 Å². The lowest BCUT2D eigenvalue weighted by molar-refractivity contribution is -0.123. The van der Waals surface area contributed by atoms with Gasteiger partial charge < -0.3 is 10.8 Å². The van der Waals surface area contributed by atoms with Crippen LogP contribution in [-0.2, 0) is 4.79 Å². The van der Waals surface area contributed by atoms with Crippen LogP contribution < -0.4 is 5.73 Å². The summed E-state index contributed by atoms with van der Waals surface area (Å²) in [6.07, 6.45) is 0. The van der Waals surface area contributed by atoms with Crippen molar-refractivity contribution in [2.24, 2.45) is 5.73 Å². The molecule has 1 rings (SSSR count). The molecule has 1 amide bonds. The zero-order valence-electron chi connectivity index (χ0n) is 9.68. The van der Waals surface area contributed by atoms with E-state index in [4.69, 9.17) is 5.73 Å². The second kappa shape index (κ2) is 5.51. The standard InChI is InChI=1S/C12H18N2O2/c1-3-14(4-2)11(12(13)16)9-6-5-7-10(15)8-9/h5-8,11,15H,3-4H2,1-2H3,(H2,13,16). The summed E-state index contributed by atoms with van der Waals surface area (Å²) in [5.41, 5.74) is 6.14. The molecule has 0 radical (unpaired) electrons. The Morgan fingerprint density at radius 3 is 2.50 bits per heavy atom. The van der Waals surface area contributed by atoms with Crippen LogP contribution in [0.4, 0.5) is 0 Å². The van der Waals surface area contributed by atoms with Crippen LogP contribution in [0, 0.1) is 0 Å². The van der Waals surface area contributed by atoms with Gasteiger partial charge in [0.1, 0.15) is 11.8 Å². The summed E-state index contributed by atoms with van der Waals surface area (Å²) in [6, 6.07) is 6.19. The van der Waals surface area contributed by atoms with Crippen molar-refractivity contribution in [1.29, 1.82) is 0 Å². The van der Waals surface area contributed by atoms with E-state index in [2.05, 4.69) is 0 Å². The molecule has 1 aromatic carbocycles. The number of phenolic OH excluding ortho intramolecular Hbond substituents is 1. The van der Waals surface area contributed by atoms with Crippen molar-refractivity contribution in [1.82, 2.24) is 4.90 Å². The first-order chi connectivity index (χ1) is 7.60. The van der Waals surface area contributed by atoms with Gasteiger partial charge in [-0.25, -0.2) is 0 Å². The Morgan fingerprint density at radius 1 is 1.44 bits per heavy atom. The van der Waals surface area contributed by atoms with Crippen molar-refractivity contribution in [3.8, 4) is 5.75 Å². The number of nitrogens with two attached hydrogens (primary N) is 1. The average Bonchev–Trinajstić information content (AvgIpc) is 2.24. The molecule has 0 bridgehead atoms. The van der Waals surface area contributed by atoms with E-state index >= 15 is 0 Å². The molecule has 1 atom stereocenters. The van der Waals surface area contributed by atoms with Crippen LogP contribution in [0.25, 0.3) is 0 Å². The molecule has 0 heterocycles. The average molecular weight is 222 g/mol. The monoisotopic (exact) mass is 222 g/mol. The van der Waals surface area contributed by atoms with Gasteiger partial charge in [0.15, 0.2) is 0 Å². The van der Waals surface area contributed by atoms with Crippen molar-refractivity contribution < 1.29 is 9.90 Å². The summed E-state index contributed by atoms with van der Waals surface area (Å²) in [5, 5.41) is 9.40. The Balaban J connectivity index is 3.06. The van der Waals surface area contributed by atoms with Crippen LogP contribution in [-0.4, -0.2) is 29.0 Å². The second-order valence-corrected chi connectivity index (χ2v) is 3.62. The van der Waals surface area contributed by atoms with Gasteiger partial charge in [0.05, 0.1) is 0 Å². The Morgan fingerprint density at radius 2 is 2.06 bits per heavy atom. The summed E-state index contributed by atoms with van der Waals surface area (Å²) in [7, 11) is 0. The van der Waals surface area contributed by atoms with Crippen LogP contribution >= 0.6 is 0 Å². The lowest BCUT2D eigenvalue weighted by Crippen LogP contribution is -2.37. The zero-order valence-corrected chi connectivity index (χ0v) is 9.68. The number of phenols is 1. The predicted molar refractivity (Wildman–Crippen MR) is 63.0 cm³/mol. The summed E-state index contributed by atoms with van der Waals surface area (Å²) in [5.74, 6) is -0.245. The predicted octanol–water partition coefficient (Wildman–Crippen LogP) is 1.26. The second-order valence-electron chi connectivity index (χ2n) is 3.62. The third-order valence-electron chi connectivity index (χ3n) is 2.63. The molecule has 4 heteroatoms. The van der Waals surface area contributed by atoms with E-state index in [9.17, 15) is 9.90 Å². The molecule has 0 fully saturated rings. The van der Waals surface area contributed by atoms with E-state index < -0.39 is 11.9 Å². The number of amides is 1. The van der Waals surface area contributed by atoms with Crippen LogP contribution in [0.15, 0.2) is 24.3 Å². The van der Waals surface area contributed by atoms with E-state index in [1.54, 1.807) is 24.3 Å². The van der Waals surface area contributed by atoms with Crippen LogP contribution in [0.5, 0.6) is 5.75 Å². The SMILES string of the molecule is CCN(CC)C(C(N)=O)c1cccc(O)c1. The first-order valence-corrected chi connectivity index (χ1v) is 5.42. The maximum absolute atomic E-state index is 11.5. The molecule has 0 spiro atoms. The maximum Gasteiger partial charge on any atom is 0.239 e. The van der Waals surface area contributed by atoms with E-state index in [0.29, 0.717) is 0 Å². The molecule has 16 heavy (non-hydrogen) atoms. The summed E-state index contributed by atoms with van der Waals surface area (Å²) >= 11 is 0. The Hall–Kier alpha value is -1.55. The number of primary amides is 1. The summed E-state index contributed by atoms with van der Waals surface area (Å²) in [6.45, 7) is 5.42. The van der Waals surface area contributed by atoms with Crippen molar-refractivity contribution in [3.63, 3.8) is 0 Å². The normalized spacial score (nSPS) is 12.7. The minimum atomic E-state index is -0.470. The highest BCUT2D eigenvalue weighted by Gasteiger charge is 2.23. The fourth-order valence-corrected chi connectivity index (χ4v) is 1.84. The number of benzene rings is 1. The van der Waals surface area contributed by atoms with E-state index in [0.717, 1.165) is 18.7 Å². The quantitative estimate of drug-likeness (QED) is 0.788. The minimum absolute atomic E-state index is 0.149. The smallest absolute Gasteiger partial charge is 0.239 e. The topological polar surface area (TPSA) is 66.6 Å². The molecule has 88 valence electrons. The molecule has 0 aliphatic heterocycles. The molecule has 4 nitrogen and oxygen atoms in total. The number of nitrogens with zero attached hydrogens (tertiary/aromatic N) is 1. The van der Waals surface area contributed by atoms with E-state index in [1.807, 2.05) is 18.7 Å². The van der Waals surface area contributed by atoms with Gasteiger partial charge in [-0.3, -0.25) is 9.69 Å². The number of carbonyl (C=O) groups excluding carboxylic acids is 1. The molecule has 1 unspecified atom stereocenters.